The van der Waals surface area contributed by atoms with Crippen molar-refractivity contribution < 1.29 is 9.47 Å². The van der Waals surface area contributed by atoms with Gasteiger partial charge in [0.25, 0.3) is 0 Å². The largest absolute Gasteiger partial charge is 0.488 e. The van der Waals surface area contributed by atoms with Crippen molar-refractivity contribution in [1.82, 2.24) is 0 Å². The molecule has 0 saturated carbocycles. The molecule has 1 fully saturated rings. The van der Waals surface area contributed by atoms with E-state index in [0.29, 0.717) is 6.61 Å². The van der Waals surface area contributed by atoms with Crippen LogP contribution in [-0.2, 0) is 9.47 Å². The maximum absolute atomic E-state index is 5.69. The van der Waals surface area contributed by atoms with Crippen LogP contribution in [0.4, 0.5) is 0 Å². The minimum absolute atomic E-state index is 0.173. The number of ether oxygens (including phenoxy) is 2. The molecule has 1 atom stereocenters. The van der Waals surface area contributed by atoms with Crippen LogP contribution in [0.25, 0.3) is 0 Å². The average Bonchev–Trinajstić information content (AvgIpc) is 2.76. The number of allylic oxidation sites excluding steroid dienone is 5. The van der Waals surface area contributed by atoms with Crippen molar-refractivity contribution in [2.75, 3.05) is 13.2 Å². The Hall–Kier alpha value is -1.28. The first-order valence-electron chi connectivity index (χ1n) is 5.14. The van der Waals surface area contributed by atoms with Crippen LogP contribution >= 0.6 is 0 Å². The Labute approximate surface area is 91.6 Å². The standard InChI is InChI=1S/C13H18O2/c1-4-11(3)6-7-12(5-2)15-13-8-9-14-10-13/h4-7,13H,1-2,8-10H2,3H3/b11-6-,12-7+. The third-order valence-electron chi connectivity index (χ3n) is 2.22. The van der Waals surface area contributed by atoms with Crippen molar-refractivity contribution in [3.63, 3.8) is 0 Å². The molecule has 0 bridgehead atoms. The number of rotatable bonds is 5. The molecule has 0 aliphatic carbocycles. The molecular formula is C13H18O2. The summed E-state index contributed by atoms with van der Waals surface area (Å²) in [5.74, 6) is 0.784. The van der Waals surface area contributed by atoms with E-state index in [1.807, 2.05) is 19.1 Å². The van der Waals surface area contributed by atoms with Crippen LogP contribution < -0.4 is 0 Å². The summed E-state index contributed by atoms with van der Waals surface area (Å²) in [6, 6.07) is 0. The summed E-state index contributed by atoms with van der Waals surface area (Å²) in [6.07, 6.45) is 8.50. The maximum atomic E-state index is 5.69. The Balaban J connectivity index is 2.54. The molecule has 0 aromatic heterocycles. The summed E-state index contributed by atoms with van der Waals surface area (Å²) in [5, 5.41) is 0. The monoisotopic (exact) mass is 206 g/mol. The van der Waals surface area contributed by atoms with Crippen LogP contribution in [0.2, 0.25) is 0 Å². The van der Waals surface area contributed by atoms with Crippen molar-refractivity contribution >= 4 is 0 Å². The van der Waals surface area contributed by atoms with Crippen molar-refractivity contribution in [1.29, 1.82) is 0 Å². The SMILES string of the molecule is C=C/C(C)=C\C=C(/C=C)OC1CCOC1. The van der Waals surface area contributed by atoms with E-state index in [4.69, 9.17) is 9.47 Å². The highest BCUT2D eigenvalue weighted by Crippen LogP contribution is 2.13. The van der Waals surface area contributed by atoms with Gasteiger partial charge in [-0.1, -0.05) is 30.9 Å². The fourth-order valence-corrected chi connectivity index (χ4v) is 1.24. The lowest BCUT2D eigenvalue weighted by Crippen LogP contribution is -2.10. The van der Waals surface area contributed by atoms with Crippen LogP contribution in [0.5, 0.6) is 0 Å². The molecule has 0 amide bonds. The number of hydrogen-bond donors (Lipinski definition) is 0. The quantitative estimate of drug-likeness (QED) is 0.508. The van der Waals surface area contributed by atoms with Gasteiger partial charge in [0, 0.05) is 6.42 Å². The highest BCUT2D eigenvalue weighted by molar-refractivity contribution is 5.24. The molecule has 0 aromatic rings. The van der Waals surface area contributed by atoms with Gasteiger partial charge in [-0.05, 0) is 19.1 Å². The molecule has 1 saturated heterocycles. The normalized spacial score (nSPS) is 22.6. The van der Waals surface area contributed by atoms with E-state index in [1.54, 1.807) is 12.2 Å². The molecule has 0 radical (unpaired) electrons. The molecule has 0 spiro atoms. The fourth-order valence-electron chi connectivity index (χ4n) is 1.24. The first-order valence-corrected chi connectivity index (χ1v) is 5.14. The van der Waals surface area contributed by atoms with Crippen molar-refractivity contribution in [2.45, 2.75) is 19.4 Å². The van der Waals surface area contributed by atoms with Gasteiger partial charge >= 0.3 is 0 Å². The molecule has 0 aromatic carbocycles. The Bertz CT molecular complexity index is 281. The summed E-state index contributed by atoms with van der Waals surface area (Å²) < 4.78 is 10.9. The first kappa shape index (κ1) is 11.8. The van der Waals surface area contributed by atoms with E-state index >= 15 is 0 Å². The lowest BCUT2D eigenvalue weighted by Gasteiger charge is -2.11. The van der Waals surface area contributed by atoms with E-state index in [-0.39, 0.29) is 6.10 Å². The van der Waals surface area contributed by atoms with E-state index < -0.39 is 0 Å². The van der Waals surface area contributed by atoms with Gasteiger partial charge in [0.15, 0.2) is 0 Å². The van der Waals surface area contributed by atoms with Crippen LogP contribution in [0.3, 0.4) is 0 Å². The minimum atomic E-state index is 0.173. The van der Waals surface area contributed by atoms with E-state index in [2.05, 4.69) is 13.2 Å². The summed E-state index contributed by atoms with van der Waals surface area (Å²) in [7, 11) is 0. The van der Waals surface area contributed by atoms with Crippen molar-refractivity contribution in [2.24, 2.45) is 0 Å². The molecule has 1 heterocycles. The van der Waals surface area contributed by atoms with Crippen LogP contribution in [0.15, 0.2) is 48.8 Å². The zero-order valence-corrected chi connectivity index (χ0v) is 9.24. The van der Waals surface area contributed by atoms with Gasteiger partial charge in [0.1, 0.15) is 11.9 Å². The second kappa shape index (κ2) is 6.25. The Kier molecular flexibility index (Phi) is 4.91. The van der Waals surface area contributed by atoms with Gasteiger partial charge in [-0.15, -0.1) is 0 Å². The van der Waals surface area contributed by atoms with Gasteiger partial charge in [-0.3, -0.25) is 0 Å². The van der Waals surface area contributed by atoms with Crippen LogP contribution in [-0.4, -0.2) is 19.3 Å². The molecular weight excluding hydrogens is 188 g/mol. The zero-order valence-electron chi connectivity index (χ0n) is 9.24. The first-order chi connectivity index (χ1) is 7.26. The van der Waals surface area contributed by atoms with E-state index in [0.717, 1.165) is 24.4 Å². The maximum Gasteiger partial charge on any atom is 0.124 e. The molecule has 1 rings (SSSR count). The molecule has 1 unspecified atom stereocenters. The highest BCUT2D eigenvalue weighted by Gasteiger charge is 2.16. The van der Waals surface area contributed by atoms with Crippen molar-refractivity contribution in [3.05, 3.63) is 48.8 Å². The summed E-state index contributed by atoms with van der Waals surface area (Å²) in [5.41, 5.74) is 1.10. The third kappa shape index (κ3) is 4.17. The van der Waals surface area contributed by atoms with Gasteiger partial charge in [0.2, 0.25) is 0 Å². The average molecular weight is 206 g/mol. The van der Waals surface area contributed by atoms with Gasteiger partial charge in [-0.2, -0.15) is 0 Å². The second-order valence-electron chi connectivity index (χ2n) is 3.49. The predicted molar refractivity (Wildman–Crippen MR) is 62.5 cm³/mol. The Morgan fingerprint density at radius 2 is 2.13 bits per heavy atom. The Morgan fingerprint density at radius 1 is 1.33 bits per heavy atom. The molecule has 1 aliphatic rings. The smallest absolute Gasteiger partial charge is 0.124 e. The molecule has 0 N–H and O–H groups in total. The molecule has 2 nitrogen and oxygen atoms in total. The topological polar surface area (TPSA) is 18.5 Å². The number of hydrogen-bond acceptors (Lipinski definition) is 2. The molecule has 82 valence electrons. The highest BCUT2D eigenvalue weighted by atomic mass is 16.5. The third-order valence-corrected chi connectivity index (χ3v) is 2.22. The summed E-state index contributed by atoms with van der Waals surface area (Å²) in [4.78, 5) is 0. The van der Waals surface area contributed by atoms with Crippen LogP contribution in [0.1, 0.15) is 13.3 Å². The fraction of sp³-hybridized carbons (Fsp3) is 0.385. The van der Waals surface area contributed by atoms with Gasteiger partial charge in [0.05, 0.1) is 13.2 Å². The predicted octanol–water partition coefficient (Wildman–Crippen LogP) is 2.99. The zero-order chi connectivity index (χ0) is 11.1. The van der Waals surface area contributed by atoms with Gasteiger partial charge < -0.3 is 9.47 Å². The van der Waals surface area contributed by atoms with E-state index in [1.165, 1.54) is 0 Å². The Morgan fingerprint density at radius 3 is 2.67 bits per heavy atom. The summed E-state index contributed by atoms with van der Waals surface area (Å²) >= 11 is 0. The van der Waals surface area contributed by atoms with E-state index in [9.17, 15) is 0 Å². The molecule has 2 heteroatoms. The summed E-state index contributed by atoms with van der Waals surface area (Å²) in [6.45, 7) is 10.9. The molecule has 1 aliphatic heterocycles. The minimum Gasteiger partial charge on any atom is -0.488 e. The lowest BCUT2D eigenvalue weighted by molar-refractivity contribution is 0.0982. The molecule has 15 heavy (non-hydrogen) atoms. The van der Waals surface area contributed by atoms with Crippen molar-refractivity contribution in [3.8, 4) is 0 Å². The van der Waals surface area contributed by atoms with Gasteiger partial charge in [-0.25, -0.2) is 0 Å². The lowest BCUT2D eigenvalue weighted by atomic mass is 10.2. The second-order valence-corrected chi connectivity index (χ2v) is 3.49. The van der Waals surface area contributed by atoms with Crippen LogP contribution in [0, 0.1) is 0 Å².